The summed E-state index contributed by atoms with van der Waals surface area (Å²) in [6.45, 7) is 3.68. The molecular weight excluding hydrogens is 214 g/mol. The van der Waals surface area contributed by atoms with Crippen LogP contribution in [-0.2, 0) is 0 Å². The zero-order valence-electron chi connectivity index (χ0n) is 10.1. The van der Waals surface area contributed by atoms with Crippen molar-refractivity contribution < 1.29 is 5.11 Å². The van der Waals surface area contributed by atoms with E-state index in [-0.39, 0.29) is 17.9 Å². The zero-order chi connectivity index (χ0) is 12.4. The van der Waals surface area contributed by atoms with E-state index in [4.69, 9.17) is 11.1 Å². The Morgan fingerprint density at radius 1 is 1.47 bits per heavy atom. The largest absolute Gasteiger partial charge is 0.393 e. The number of nitrogens with one attached hydrogen (secondary N) is 1. The van der Waals surface area contributed by atoms with Crippen LogP contribution in [0.4, 0.5) is 5.69 Å². The van der Waals surface area contributed by atoms with Crippen LogP contribution < -0.4 is 10.6 Å². The van der Waals surface area contributed by atoms with Crippen molar-refractivity contribution in [2.24, 2.45) is 11.7 Å². The van der Waals surface area contributed by atoms with E-state index in [1.165, 1.54) is 0 Å². The van der Waals surface area contributed by atoms with Crippen LogP contribution in [0.1, 0.15) is 18.9 Å². The van der Waals surface area contributed by atoms with E-state index in [9.17, 15) is 5.11 Å². The quantitative estimate of drug-likeness (QED) is 0.530. The number of hydrogen-bond donors (Lipinski definition) is 3. The molecule has 4 nitrogen and oxygen atoms in total. The van der Waals surface area contributed by atoms with E-state index in [0.717, 1.165) is 30.8 Å². The Bertz CT molecular complexity index is 419. The lowest BCUT2D eigenvalue weighted by atomic mass is 9.95. The average molecular weight is 233 g/mol. The number of benzene rings is 1. The van der Waals surface area contributed by atoms with Crippen LogP contribution in [0.2, 0.25) is 0 Å². The van der Waals surface area contributed by atoms with Crippen LogP contribution in [0.3, 0.4) is 0 Å². The maximum Gasteiger partial charge on any atom is 0.124 e. The van der Waals surface area contributed by atoms with Gasteiger partial charge in [-0.2, -0.15) is 0 Å². The Hall–Kier alpha value is -1.55. The second kappa shape index (κ2) is 4.75. The van der Waals surface area contributed by atoms with E-state index in [2.05, 4.69) is 4.90 Å². The molecular formula is C13H19N3O. The van der Waals surface area contributed by atoms with Gasteiger partial charge in [0.05, 0.1) is 6.10 Å². The second-order valence-electron chi connectivity index (χ2n) is 4.71. The molecule has 0 radical (unpaired) electrons. The summed E-state index contributed by atoms with van der Waals surface area (Å²) in [6.07, 6.45) is 0.559. The number of rotatable bonds is 2. The standard InChI is InChI=1S/C13H19N3O/c1-9-8-16(7-6-12(9)17)11-5-3-2-4-10(11)13(14)15/h2-5,9,12,17H,6-8H2,1H3,(H3,14,15). The van der Waals surface area contributed by atoms with Gasteiger partial charge in [-0.1, -0.05) is 19.1 Å². The van der Waals surface area contributed by atoms with Crippen molar-refractivity contribution in [3.8, 4) is 0 Å². The van der Waals surface area contributed by atoms with Crippen LogP contribution in [0.15, 0.2) is 24.3 Å². The smallest absolute Gasteiger partial charge is 0.124 e. The van der Waals surface area contributed by atoms with E-state index >= 15 is 0 Å². The number of piperidine rings is 1. The van der Waals surface area contributed by atoms with Crippen molar-refractivity contribution in [3.05, 3.63) is 29.8 Å². The Labute approximate surface area is 102 Å². The Balaban J connectivity index is 2.25. The molecule has 2 atom stereocenters. The summed E-state index contributed by atoms with van der Waals surface area (Å²) < 4.78 is 0. The fourth-order valence-corrected chi connectivity index (χ4v) is 2.33. The molecule has 0 aliphatic carbocycles. The first-order chi connectivity index (χ1) is 8.09. The molecule has 4 N–H and O–H groups in total. The lowest BCUT2D eigenvalue weighted by Gasteiger charge is -2.36. The maximum atomic E-state index is 9.73. The molecule has 1 heterocycles. The molecule has 92 valence electrons. The summed E-state index contributed by atoms with van der Waals surface area (Å²) in [5, 5.41) is 17.3. The van der Waals surface area contributed by atoms with Crippen LogP contribution in [0.5, 0.6) is 0 Å². The van der Waals surface area contributed by atoms with Crippen molar-refractivity contribution in [2.45, 2.75) is 19.4 Å². The highest BCUT2D eigenvalue weighted by atomic mass is 16.3. The molecule has 17 heavy (non-hydrogen) atoms. The maximum absolute atomic E-state index is 9.73. The number of amidine groups is 1. The molecule has 1 aliphatic rings. The molecule has 1 fully saturated rings. The summed E-state index contributed by atoms with van der Waals surface area (Å²) >= 11 is 0. The summed E-state index contributed by atoms with van der Waals surface area (Å²) in [5.74, 6) is 0.350. The third-order valence-corrected chi connectivity index (χ3v) is 3.39. The Morgan fingerprint density at radius 3 is 2.82 bits per heavy atom. The summed E-state index contributed by atoms with van der Waals surface area (Å²) in [7, 11) is 0. The molecule has 2 unspecified atom stereocenters. The molecule has 2 rings (SSSR count). The first-order valence-electron chi connectivity index (χ1n) is 5.96. The number of para-hydroxylation sites is 1. The molecule has 0 amide bonds. The van der Waals surface area contributed by atoms with Crippen LogP contribution in [0.25, 0.3) is 0 Å². The number of aliphatic hydroxyl groups is 1. The number of anilines is 1. The van der Waals surface area contributed by atoms with Gasteiger partial charge in [0.1, 0.15) is 5.84 Å². The lowest BCUT2D eigenvalue weighted by molar-refractivity contribution is 0.0971. The monoisotopic (exact) mass is 233 g/mol. The summed E-state index contributed by atoms with van der Waals surface area (Å²) in [4.78, 5) is 2.20. The van der Waals surface area contributed by atoms with Gasteiger partial charge in [-0.15, -0.1) is 0 Å². The molecule has 1 aromatic carbocycles. The van der Waals surface area contributed by atoms with Crippen LogP contribution in [0, 0.1) is 11.3 Å². The molecule has 1 aromatic rings. The van der Waals surface area contributed by atoms with Gasteiger partial charge in [0, 0.05) is 24.3 Å². The number of nitrogens with zero attached hydrogens (tertiary/aromatic N) is 1. The topological polar surface area (TPSA) is 73.3 Å². The average Bonchev–Trinajstić information content (AvgIpc) is 2.32. The lowest BCUT2D eigenvalue weighted by Crippen LogP contribution is -2.42. The highest BCUT2D eigenvalue weighted by Gasteiger charge is 2.25. The van der Waals surface area contributed by atoms with Crippen molar-refractivity contribution in [2.75, 3.05) is 18.0 Å². The SMILES string of the molecule is CC1CN(c2ccccc2C(=N)N)CCC1O. The van der Waals surface area contributed by atoms with Gasteiger partial charge >= 0.3 is 0 Å². The van der Waals surface area contributed by atoms with Gasteiger partial charge in [0.2, 0.25) is 0 Å². The van der Waals surface area contributed by atoms with Gasteiger partial charge < -0.3 is 15.7 Å². The highest BCUT2D eigenvalue weighted by Crippen LogP contribution is 2.26. The fraction of sp³-hybridized carbons (Fsp3) is 0.462. The predicted molar refractivity (Wildman–Crippen MR) is 69.5 cm³/mol. The van der Waals surface area contributed by atoms with Crippen LogP contribution >= 0.6 is 0 Å². The zero-order valence-corrected chi connectivity index (χ0v) is 10.1. The molecule has 0 aromatic heterocycles. The van der Waals surface area contributed by atoms with E-state index in [1.54, 1.807) is 0 Å². The van der Waals surface area contributed by atoms with Gasteiger partial charge in [0.25, 0.3) is 0 Å². The van der Waals surface area contributed by atoms with Crippen molar-refractivity contribution >= 4 is 11.5 Å². The third kappa shape index (κ3) is 2.42. The van der Waals surface area contributed by atoms with Gasteiger partial charge in [0.15, 0.2) is 0 Å². The number of hydrogen-bond acceptors (Lipinski definition) is 3. The summed E-state index contributed by atoms with van der Waals surface area (Å²) in [6, 6.07) is 7.70. The first kappa shape index (κ1) is 11.9. The van der Waals surface area contributed by atoms with E-state index in [1.807, 2.05) is 31.2 Å². The predicted octanol–water partition coefficient (Wildman–Crippen LogP) is 1.18. The second-order valence-corrected chi connectivity index (χ2v) is 4.71. The Kier molecular flexibility index (Phi) is 3.33. The van der Waals surface area contributed by atoms with Gasteiger partial charge in [-0.05, 0) is 24.5 Å². The number of nitrogens with two attached hydrogens (primary N) is 1. The minimum Gasteiger partial charge on any atom is -0.393 e. The van der Waals surface area contributed by atoms with Gasteiger partial charge in [-0.3, -0.25) is 5.41 Å². The molecule has 1 aliphatic heterocycles. The van der Waals surface area contributed by atoms with E-state index in [0.29, 0.717) is 0 Å². The third-order valence-electron chi connectivity index (χ3n) is 3.39. The normalized spacial score (nSPS) is 24.7. The minimum atomic E-state index is -0.212. The van der Waals surface area contributed by atoms with Crippen molar-refractivity contribution in [1.29, 1.82) is 5.41 Å². The number of nitrogen functional groups attached to an aromatic ring is 1. The van der Waals surface area contributed by atoms with Gasteiger partial charge in [-0.25, -0.2) is 0 Å². The molecule has 0 spiro atoms. The highest BCUT2D eigenvalue weighted by molar-refractivity contribution is 6.00. The molecule has 0 bridgehead atoms. The van der Waals surface area contributed by atoms with Crippen molar-refractivity contribution in [1.82, 2.24) is 0 Å². The summed E-state index contributed by atoms with van der Waals surface area (Å²) in [5.41, 5.74) is 7.36. The van der Waals surface area contributed by atoms with E-state index < -0.39 is 0 Å². The number of aliphatic hydroxyl groups excluding tert-OH is 1. The van der Waals surface area contributed by atoms with Crippen LogP contribution in [-0.4, -0.2) is 30.1 Å². The minimum absolute atomic E-state index is 0.0966. The molecule has 1 saturated heterocycles. The van der Waals surface area contributed by atoms with Crippen molar-refractivity contribution in [3.63, 3.8) is 0 Å². The molecule has 0 saturated carbocycles. The molecule has 4 heteroatoms. The fourth-order valence-electron chi connectivity index (χ4n) is 2.33. The Morgan fingerprint density at radius 2 is 2.18 bits per heavy atom. The first-order valence-corrected chi connectivity index (χ1v) is 5.96.